The summed E-state index contributed by atoms with van der Waals surface area (Å²) in [6, 6.07) is 22.2. The normalized spacial score (nSPS) is 13.8. The molecule has 0 aliphatic rings. The lowest BCUT2D eigenvalue weighted by molar-refractivity contribution is 0.479. The Kier molecular flexibility index (Phi) is 4.27. The van der Waals surface area contributed by atoms with E-state index in [2.05, 4.69) is 64.7 Å². The van der Waals surface area contributed by atoms with Crippen LogP contribution in [0, 0.1) is 0 Å². The highest BCUT2D eigenvalue weighted by Gasteiger charge is 2.16. The molecule has 0 spiro atoms. The van der Waals surface area contributed by atoms with E-state index in [9.17, 15) is 4.79 Å². The minimum absolute atomic E-state index is 0.0822. The molecule has 26 heavy (non-hydrogen) atoms. The Hall–Kier alpha value is -2.98. The number of hydrogen-bond acceptors (Lipinski definition) is 3. The Balaban J connectivity index is 1.65. The first kappa shape index (κ1) is 16.5. The van der Waals surface area contributed by atoms with E-state index >= 15 is 0 Å². The van der Waals surface area contributed by atoms with Gasteiger partial charge in [0, 0.05) is 6.04 Å². The van der Waals surface area contributed by atoms with E-state index in [0.29, 0.717) is 11.2 Å². The third kappa shape index (κ3) is 3.00. The van der Waals surface area contributed by atoms with Crippen LogP contribution in [0.4, 0.5) is 0 Å². The summed E-state index contributed by atoms with van der Waals surface area (Å²) in [5.74, 6) is 0.654. The molecule has 4 aromatic rings. The molecule has 0 saturated carbocycles. The number of para-hydroxylation sites is 1. The molecule has 2 N–H and O–H groups in total. The van der Waals surface area contributed by atoms with Gasteiger partial charge >= 0.3 is 0 Å². The van der Waals surface area contributed by atoms with Crippen molar-refractivity contribution in [3.05, 3.63) is 88.5 Å². The fourth-order valence-corrected chi connectivity index (χ4v) is 3.48. The molecule has 0 amide bonds. The second-order valence-electron chi connectivity index (χ2n) is 6.65. The summed E-state index contributed by atoms with van der Waals surface area (Å²) >= 11 is 0. The third-order valence-electron chi connectivity index (χ3n) is 4.83. The summed E-state index contributed by atoms with van der Waals surface area (Å²) in [6.07, 6.45) is 0. The van der Waals surface area contributed by atoms with E-state index in [0.717, 1.165) is 5.52 Å². The van der Waals surface area contributed by atoms with Gasteiger partial charge < -0.3 is 10.3 Å². The molecular formula is C22H21N3O. The first-order chi connectivity index (χ1) is 12.6. The Bertz CT molecular complexity index is 1130. The lowest BCUT2D eigenvalue weighted by atomic mass is 9.99. The largest absolute Gasteiger partial charge is 0.309 e. The van der Waals surface area contributed by atoms with Crippen molar-refractivity contribution in [2.45, 2.75) is 25.9 Å². The van der Waals surface area contributed by atoms with Crippen molar-refractivity contribution in [3.8, 4) is 0 Å². The van der Waals surface area contributed by atoms with Crippen LogP contribution in [0.25, 0.3) is 21.7 Å². The summed E-state index contributed by atoms with van der Waals surface area (Å²) in [5.41, 5.74) is 1.85. The molecule has 0 fully saturated rings. The quantitative estimate of drug-likeness (QED) is 0.574. The highest BCUT2D eigenvalue weighted by atomic mass is 16.1. The molecule has 0 aliphatic heterocycles. The van der Waals surface area contributed by atoms with Crippen molar-refractivity contribution in [2.75, 3.05) is 0 Å². The van der Waals surface area contributed by atoms with Crippen LogP contribution in [0.1, 0.15) is 37.3 Å². The number of nitrogens with one attached hydrogen (secondary N) is 2. The molecule has 4 nitrogen and oxygen atoms in total. The van der Waals surface area contributed by atoms with Gasteiger partial charge in [0.25, 0.3) is 5.56 Å². The highest BCUT2D eigenvalue weighted by Crippen LogP contribution is 2.25. The van der Waals surface area contributed by atoms with Crippen LogP contribution in [0.15, 0.2) is 71.5 Å². The predicted molar refractivity (Wildman–Crippen MR) is 106 cm³/mol. The fraction of sp³-hybridized carbons (Fsp3) is 0.182. The first-order valence-corrected chi connectivity index (χ1v) is 8.86. The van der Waals surface area contributed by atoms with Gasteiger partial charge in [-0.1, -0.05) is 54.6 Å². The molecule has 3 aromatic carbocycles. The minimum atomic E-state index is -0.0999. The molecule has 4 heteroatoms. The number of hydrogen-bond donors (Lipinski definition) is 2. The lowest BCUT2D eigenvalue weighted by Gasteiger charge is -2.21. The zero-order valence-corrected chi connectivity index (χ0v) is 14.9. The highest BCUT2D eigenvalue weighted by molar-refractivity contribution is 5.86. The summed E-state index contributed by atoms with van der Waals surface area (Å²) in [7, 11) is 0. The van der Waals surface area contributed by atoms with Gasteiger partial charge in [0.2, 0.25) is 0 Å². The molecule has 0 radical (unpaired) electrons. The van der Waals surface area contributed by atoms with Crippen LogP contribution in [-0.4, -0.2) is 9.97 Å². The maximum atomic E-state index is 12.3. The van der Waals surface area contributed by atoms with Crippen molar-refractivity contribution >= 4 is 21.7 Å². The van der Waals surface area contributed by atoms with Gasteiger partial charge in [-0.3, -0.25) is 4.79 Å². The van der Waals surface area contributed by atoms with E-state index in [1.54, 1.807) is 6.07 Å². The standard InChI is InChI=1S/C22H21N3O/c1-14(17-12-7-9-16-8-3-4-10-18(16)17)23-15(2)21-24-20-13-6-5-11-19(20)22(26)25-21/h3-15,23H,1-2H3,(H,24,25,26)/t14-,15+/m1/s1. The monoisotopic (exact) mass is 343 g/mol. The molecule has 1 aromatic heterocycles. The Labute approximate surface area is 151 Å². The topological polar surface area (TPSA) is 57.8 Å². The summed E-state index contributed by atoms with van der Waals surface area (Å²) in [4.78, 5) is 19.9. The number of fused-ring (bicyclic) bond motifs is 2. The number of aromatic amines is 1. The maximum absolute atomic E-state index is 12.3. The molecular weight excluding hydrogens is 322 g/mol. The van der Waals surface area contributed by atoms with Gasteiger partial charge in [0.15, 0.2) is 0 Å². The lowest BCUT2D eigenvalue weighted by Crippen LogP contribution is -2.26. The molecule has 0 saturated heterocycles. The zero-order chi connectivity index (χ0) is 18.1. The molecule has 0 unspecified atom stereocenters. The smallest absolute Gasteiger partial charge is 0.258 e. The Morgan fingerprint density at radius 1 is 0.846 bits per heavy atom. The maximum Gasteiger partial charge on any atom is 0.258 e. The first-order valence-electron chi connectivity index (χ1n) is 8.86. The van der Waals surface area contributed by atoms with Crippen LogP contribution in [-0.2, 0) is 0 Å². The van der Waals surface area contributed by atoms with Gasteiger partial charge in [-0.25, -0.2) is 4.98 Å². The molecule has 2 atom stereocenters. The van der Waals surface area contributed by atoms with Crippen molar-refractivity contribution < 1.29 is 0 Å². The number of benzene rings is 3. The van der Waals surface area contributed by atoms with Crippen molar-refractivity contribution in [3.63, 3.8) is 0 Å². The zero-order valence-electron chi connectivity index (χ0n) is 14.9. The van der Waals surface area contributed by atoms with Gasteiger partial charge in [0.1, 0.15) is 5.82 Å². The number of nitrogens with zero attached hydrogens (tertiary/aromatic N) is 1. The van der Waals surface area contributed by atoms with Crippen LogP contribution in [0.2, 0.25) is 0 Å². The number of aromatic nitrogens is 2. The number of H-pyrrole nitrogens is 1. The van der Waals surface area contributed by atoms with E-state index in [1.807, 2.05) is 25.1 Å². The fourth-order valence-electron chi connectivity index (χ4n) is 3.48. The summed E-state index contributed by atoms with van der Waals surface area (Å²) in [6.45, 7) is 4.16. The predicted octanol–water partition coefficient (Wildman–Crippen LogP) is 4.49. The Morgan fingerprint density at radius 3 is 2.38 bits per heavy atom. The molecule has 0 bridgehead atoms. The van der Waals surface area contributed by atoms with Crippen LogP contribution in [0.5, 0.6) is 0 Å². The van der Waals surface area contributed by atoms with Gasteiger partial charge in [-0.05, 0) is 42.3 Å². The summed E-state index contributed by atoms with van der Waals surface area (Å²) in [5, 5.41) is 6.64. The number of rotatable bonds is 4. The molecule has 130 valence electrons. The van der Waals surface area contributed by atoms with Crippen LogP contribution < -0.4 is 10.9 Å². The van der Waals surface area contributed by atoms with Gasteiger partial charge in [0.05, 0.1) is 16.9 Å². The van der Waals surface area contributed by atoms with E-state index in [1.165, 1.54) is 16.3 Å². The third-order valence-corrected chi connectivity index (χ3v) is 4.83. The Morgan fingerprint density at radius 2 is 1.54 bits per heavy atom. The van der Waals surface area contributed by atoms with E-state index < -0.39 is 0 Å². The van der Waals surface area contributed by atoms with Crippen molar-refractivity contribution in [1.29, 1.82) is 0 Å². The average Bonchev–Trinajstić information content (AvgIpc) is 2.67. The minimum Gasteiger partial charge on any atom is -0.309 e. The SMILES string of the molecule is C[C@H](N[C@H](C)c1cccc2ccccc12)c1nc2ccccc2c(=O)[nH]1. The van der Waals surface area contributed by atoms with Crippen LogP contribution in [0.3, 0.4) is 0 Å². The second kappa shape index (κ2) is 6.73. The summed E-state index contributed by atoms with van der Waals surface area (Å²) < 4.78 is 0. The van der Waals surface area contributed by atoms with E-state index in [4.69, 9.17) is 0 Å². The molecule has 0 aliphatic carbocycles. The van der Waals surface area contributed by atoms with E-state index in [-0.39, 0.29) is 17.6 Å². The molecule has 4 rings (SSSR count). The molecule has 1 heterocycles. The van der Waals surface area contributed by atoms with Gasteiger partial charge in [-0.15, -0.1) is 0 Å². The van der Waals surface area contributed by atoms with Crippen molar-refractivity contribution in [1.82, 2.24) is 15.3 Å². The van der Waals surface area contributed by atoms with Gasteiger partial charge in [-0.2, -0.15) is 0 Å². The second-order valence-corrected chi connectivity index (χ2v) is 6.65. The van der Waals surface area contributed by atoms with Crippen molar-refractivity contribution in [2.24, 2.45) is 0 Å². The average molecular weight is 343 g/mol. The van der Waals surface area contributed by atoms with Crippen LogP contribution >= 0.6 is 0 Å².